The highest BCUT2D eigenvalue weighted by atomic mass is 32.2. The van der Waals surface area contributed by atoms with E-state index in [1.807, 2.05) is 54.6 Å². The Morgan fingerprint density at radius 1 is 0.800 bits per heavy atom. The first-order chi connectivity index (χ1) is 17.0. The zero-order chi connectivity index (χ0) is 24.4. The first-order valence-corrected chi connectivity index (χ1v) is 12.7. The molecule has 0 spiro atoms. The fraction of sp³-hybridized carbons (Fsp3) is 0.231. The van der Waals surface area contributed by atoms with Gasteiger partial charge >= 0.3 is 0 Å². The van der Waals surface area contributed by atoms with E-state index in [2.05, 4.69) is 4.90 Å². The van der Waals surface area contributed by atoms with Gasteiger partial charge in [0.25, 0.3) is 0 Å². The molecule has 0 N–H and O–H groups in total. The quantitative estimate of drug-likeness (QED) is 0.406. The van der Waals surface area contributed by atoms with Crippen molar-refractivity contribution in [2.24, 2.45) is 0 Å². The smallest absolute Gasteiger partial charge is 0.247 e. The van der Waals surface area contributed by atoms with Gasteiger partial charge in [-0.15, -0.1) is 0 Å². The molecule has 1 aliphatic rings. The van der Waals surface area contributed by atoms with Crippen LogP contribution < -0.4 is 14.4 Å². The van der Waals surface area contributed by atoms with Crippen LogP contribution in [0.3, 0.4) is 0 Å². The lowest BCUT2D eigenvalue weighted by atomic mass is 10.1. The highest BCUT2D eigenvalue weighted by Gasteiger charge is 2.32. The maximum atomic E-state index is 13.5. The van der Waals surface area contributed by atoms with Gasteiger partial charge in [0.05, 0.1) is 19.7 Å². The van der Waals surface area contributed by atoms with Crippen LogP contribution in [-0.4, -0.2) is 63.1 Å². The molecule has 35 heavy (non-hydrogen) atoms. The van der Waals surface area contributed by atoms with Gasteiger partial charge in [-0.3, -0.25) is 0 Å². The third-order valence-corrected chi connectivity index (χ3v) is 8.06. The normalized spacial score (nSPS) is 14.7. The van der Waals surface area contributed by atoms with Crippen LogP contribution in [0, 0.1) is 0 Å². The van der Waals surface area contributed by atoms with E-state index in [0.717, 1.165) is 22.3 Å². The fourth-order valence-electron chi connectivity index (χ4n) is 4.28. The summed E-state index contributed by atoms with van der Waals surface area (Å²) < 4.78 is 39.0. The van der Waals surface area contributed by atoms with Crippen molar-refractivity contribution in [3.8, 4) is 22.9 Å². The van der Waals surface area contributed by atoms with Gasteiger partial charge in [-0.05, 0) is 24.3 Å². The Balaban J connectivity index is 1.45. The molecular weight excluding hydrogens is 464 g/mol. The van der Waals surface area contributed by atoms with Crippen molar-refractivity contribution in [2.75, 3.05) is 45.3 Å². The molecule has 180 valence electrons. The van der Waals surface area contributed by atoms with E-state index in [9.17, 15) is 8.42 Å². The molecule has 1 aromatic heterocycles. The van der Waals surface area contributed by atoms with Crippen LogP contribution in [0.15, 0.2) is 77.7 Å². The Labute approximate surface area is 204 Å². The number of nitrogens with zero attached hydrogens (tertiary/aromatic N) is 4. The summed E-state index contributed by atoms with van der Waals surface area (Å²) >= 11 is 0. The second kappa shape index (κ2) is 9.52. The summed E-state index contributed by atoms with van der Waals surface area (Å²) in [5.74, 6) is 2.22. The molecule has 9 heteroatoms. The van der Waals surface area contributed by atoms with Crippen LogP contribution >= 0.6 is 0 Å². The minimum Gasteiger partial charge on any atom is -0.497 e. The van der Waals surface area contributed by atoms with Gasteiger partial charge in [0.2, 0.25) is 10.0 Å². The van der Waals surface area contributed by atoms with Gasteiger partial charge in [0.1, 0.15) is 22.2 Å². The largest absolute Gasteiger partial charge is 0.497 e. The minimum atomic E-state index is -3.77. The molecule has 3 aromatic carbocycles. The van der Waals surface area contributed by atoms with Crippen molar-refractivity contribution in [2.45, 2.75) is 4.90 Å². The average molecular weight is 491 g/mol. The number of rotatable bonds is 6. The first-order valence-electron chi connectivity index (χ1n) is 11.3. The lowest BCUT2D eigenvalue weighted by Gasteiger charge is -2.35. The molecule has 4 aromatic rings. The predicted molar refractivity (Wildman–Crippen MR) is 135 cm³/mol. The third kappa shape index (κ3) is 4.40. The van der Waals surface area contributed by atoms with Crippen molar-refractivity contribution in [3.05, 3.63) is 72.8 Å². The second-order valence-electron chi connectivity index (χ2n) is 8.16. The van der Waals surface area contributed by atoms with Crippen LogP contribution in [0.4, 0.5) is 5.82 Å². The summed E-state index contributed by atoms with van der Waals surface area (Å²) in [6.07, 6.45) is 0. The van der Waals surface area contributed by atoms with E-state index >= 15 is 0 Å². The average Bonchev–Trinajstić information content (AvgIpc) is 2.92. The first kappa shape index (κ1) is 23.1. The van der Waals surface area contributed by atoms with Crippen LogP contribution in [0.5, 0.6) is 11.5 Å². The van der Waals surface area contributed by atoms with Crippen molar-refractivity contribution in [3.63, 3.8) is 0 Å². The lowest BCUT2D eigenvalue weighted by molar-refractivity contribution is 0.370. The Morgan fingerprint density at radius 3 is 2.23 bits per heavy atom. The predicted octanol–water partition coefficient (Wildman–Crippen LogP) is 3.82. The molecule has 0 bridgehead atoms. The molecule has 1 fully saturated rings. The number of benzene rings is 3. The molecule has 1 saturated heterocycles. The van der Waals surface area contributed by atoms with E-state index in [4.69, 9.17) is 19.4 Å². The number of aromatic nitrogens is 2. The number of methoxy groups -OCH3 is 2. The Morgan fingerprint density at radius 2 is 1.51 bits per heavy atom. The van der Waals surface area contributed by atoms with E-state index in [-0.39, 0.29) is 4.90 Å². The van der Waals surface area contributed by atoms with Gasteiger partial charge in [0, 0.05) is 43.2 Å². The number of para-hydroxylation sites is 1. The lowest BCUT2D eigenvalue weighted by Crippen LogP contribution is -2.49. The zero-order valence-corrected chi connectivity index (χ0v) is 20.4. The molecule has 0 unspecified atom stereocenters. The van der Waals surface area contributed by atoms with Gasteiger partial charge in [-0.2, -0.15) is 4.31 Å². The molecule has 5 rings (SSSR count). The van der Waals surface area contributed by atoms with Gasteiger partial charge in [-0.25, -0.2) is 18.4 Å². The summed E-state index contributed by atoms with van der Waals surface area (Å²) in [7, 11) is -0.799. The molecule has 0 saturated carbocycles. The molecular formula is C26H26N4O4S. The maximum Gasteiger partial charge on any atom is 0.247 e. The fourth-order valence-corrected chi connectivity index (χ4v) is 5.88. The van der Waals surface area contributed by atoms with Gasteiger partial charge < -0.3 is 14.4 Å². The highest BCUT2D eigenvalue weighted by Crippen LogP contribution is 2.32. The van der Waals surface area contributed by atoms with E-state index in [1.54, 1.807) is 12.1 Å². The number of piperazine rings is 1. The third-order valence-electron chi connectivity index (χ3n) is 6.14. The number of hydrogen-bond acceptors (Lipinski definition) is 7. The molecule has 0 aliphatic carbocycles. The number of sulfonamides is 1. The zero-order valence-electron chi connectivity index (χ0n) is 19.6. The number of hydrogen-bond donors (Lipinski definition) is 0. The van der Waals surface area contributed by atoms with Crippen LogP contribution in [0.2, 0.25) is 0 Å². The summed E-state index contributed by atoms with van der Waals surface area (Å²) in [6, 6.07) is 22.6. The SMILES string of the molecule is COc1ccc(OC)c(S(=O)(=O)N2CCN(c3nc(-c4ccccc4)nc4ccccc34)CC2)c1. The van der Waals surface area contributed by atoms with Gasteiger partial charge in [0.15, 0.2) is 5.82 Å². The number of fused-ring (bicyclic) bond motifs is 1. The molecule has 8 nitrogen and oxygen atoms in total. The van der Waals surface area contributed by atoms with E-state index in [1.165, 1.54) is 24.6 Å². The standard InChI is InChI=1S/C26H26N4O4S/c1-33-20-12-13-23(34-2)24(18-20)35(31,32)30-16-14-29(15-17-30)26-21-10-6-7-11-22(21)27-25(28-26)19-8-4-3-5-9-19/h3-13,18H,14-17H2,1-2H3. The van der Waals surface area contributed by atoms with E-state index < -0.39 is 10.0 Å². The highest BCUT2D eigenvalue weighted by molar-refractivity contribution is 7.89. The minimum absolute atomic E-state index is 0.103. The van der Waals surface area contributed by atoms with Crippen molar-refractivity contribution >= 4 is 26.7 Å². The summed E-state index contributed by atoms with van der Waals surface area (Å²) in [5.41, 5.74) is 1.79. The molecule has 0 amide bonds. The molecule has 1 aliphatic heterocycles. The summed E-state index contributed by atoms with van der Waals surface area (Å²) in [6.45, 7) is 1.64. The Hall–Kier alpha value is -3.69. The molecule has 0 atom stereocenters. The number of ether oxygens (including phenoxy) is 2. The van der Waals surface area contributed by atoms with Crippen molar-refractivity contribution in [1.82, 2.24) is 14.3 Å². The monoisotopic (exact) mass is 490 g/mol. The van der Waals surface area contributed by atoms with E-state index in [0.29, 0.717) is 43.5 Å². The van der Waals surface area contributed by atoms with Crippen LogP contribution in [-0.2, 0) is 10.0 Å². The summed E-state index contributed by atoms with van der Waals surface area (Å²) in [5, 5.41) is 0.943. The van der Waals surface area contributed by atoms with Gasteiger partial charge in [-0.1, -0.05) is 42.5 Å². The van der Waals surface area contributed by atoms with Crippen molar-refractivity contribution in [1.29, 1.82) is 0 Å². The second-order valence-corrected chi connectivity index (χ2v) is 10.1. The van der Waals surface area contributed by atoms with Crippen LogP contribution in [0.25, 0.3) is 22.3 Å². The number of anilines is 1. The van der Waals surface area contributed by atoms with Crippen LogP contribution in [0.1, 0.15) is 0 Å². The molecule has 0 radical (unpaired) electrons. The maximum absolute atomic E-state index is 13.5. The Bertz CT molecular complexity index is 1450. The molecule has 2 heterocycles. The summed E-state index contributed by atoms with van der Waals surface area (Å²) in [4.78, 5) is 11.9. The topological polar surface area (TPSA) is 84.9 Å². The van der Waals surface area contributed by atoms with Crippen molar-refractivity contribution < 1.29 is 17.9 Å². The Kier molecular flexibility index (Phi) is 6.27.